The number of hydrogen-bond donors (Lipinski definition) is 2. The van der Waals surface area contributed by atoms with Crippen LogP contribution in [-0.2, 0) is 12.8 Å². The fraction of sp³-hybridized carbons (Fsp3) is 0. The predicted molar refractivity (Wildman–Crippen MR) is 26.9 cm³/mol. The van der Waals surface area contributed by atoms with Gasteiger partial charge in [-0.2, -0.15) is 5.10 Å². The summed E-state index contributed by atoms with van der Waals surface area (Å²) in [5.74, 6) is 5.10. The molecule has 1 heterocycles. The minimum atomic E-state index is 1.08. The maximum Gasteiger partial charge on any atom is 0.107 e. The van der Waals surface area contributed by atoms with Crippen molar-refractivity contribution in [2.24, 2.45) is 10.9 Å². The van der Waals surface area contributed by atoms with Crippen LogP contribution >= 0.6 is 0 Å². The standard InChI is InChI=1S/CH4N5S/c2-6-4-3-1-5(6)7/h1,4H,2H2/q-1. The van der Waals surface area contributed by atoms with E-state index >= 15 is 0 Å². The topological polar surface area (TPSA) is 56.9 Å². The summed E-state index contributed by atoms with van der Waals surface area (Å²) in [6.45, 7) is 0. The Balaban J connectivity index is 2.45. The molecule has 0 aromatic rings. The van der Waals surface area contributed by atoms with Gasteiger partial charge < -0.3 is 17.2 Å². The van der Waals surface area contributed by atoms with Gasteiger partial charge in [-0.3, -0.25) is 0 Å². The second kappa shape index (κ2) is 1.57. The van der Waals surface area contributed by atoms with Crippen molar-refractivity contribution in [2.75, 3.05) is 0 Å². The lowest BCUT2D eigenvalue weighted by molar-refractivity contribution is 0.0987. The normalized spacial score (nSPS) is 20.6. The summed E-state index contributed by atoms with van der Waals surface area (Å²) in [5.41, 5.74) is 2.37. The number of nitrogens with zero attached hydrogens (tertiary/aromatic N) is 3. The van der Waals surface area contributed by atoms with Crippen molar-refractivity contribution in [3.63, 3.8) is 0 Å². The van der Waals surface area contributed by atoms with Crippen LogP contribution in [0.2, 0.25) is 0 Å². The Labute approximate surface area is 46.2 Å². The third kappa shape index (κ3) is 0.763. The molecule has 0 fully saturated rings. The van der Waals surface area contributed by atoms with Gasteiger partial charge in [-0.15, -0.1) is 0 Å². The van der Waals surface area contributed by atoms with Crippen LogP contribution < -0.4 is 11.4 Å². The maximum atomic E-state index is 5.10. The molecular formula is CH4N5S-. The molecule has 1 aliphatic heterocycles. The highest BCUT2D eigenvalue weighted by molar-refractivity contribution is 7.56. The van der Waals surface area contributed by atoms with Crippen LogP contribution in [-0.4, -0.2) is 16.0 Å². The lowest BCUT2D eigenvalue weighted by atomic mass is 11.4. The highest BCUT2D eigenvalue weighted by Crippen LogP contribution is 1.83. The number of rotatable bonds is 0. The molecule has 0 saturated carbocycles. The third-order valence-electron chi connectivity index (χ3n) is 0.529. The van der Waals surface area contributed by atoms with Gasteiger partial charge in [0.05, 0.1) is 0 Å². The molecule has 3 N–H and O–H groups in total. The van der Waals surface area contributed by atoms with Crippen LogP contribution in [0.25, 0.3) is 0 Å². The van der Waals surface area contributed by atoms with Crippen molar-refractivity contribution in [2.45, 2.75) is 0 Å². The van der Waals surface area contributed by atoms with E-state index in [1.165, 1.54) is 10.8 Å². The van der Waals surface area contributed by atoms with Gasteiger partial charge in [0.15, 0.2) is 0 Å². The SMILES string of the molecule is NN1NN=CN1[S-]. The van der Waals surface area contributed by atoms with Crippen LogP contribution in [0.1, 0.15) is 0 Å². The first-order valence-corrected chi connectivity index (χ1v) is 1.97. The van der Waals surface area contributed by atoms with E-state index in [2.05, 4.69) is 23.5 Å². The maximum absolute atomic E-state index is 5.10. The van der Waals surface area contributed by atoms with Crippen LogP contribution in [0.15, 0.2) is 5.10 Å². The van der Waals surface area contributed by atoms with Crippen LogP contribution in [0, 0.1) is 0 Å². The summed E-state index contributed by atoms with van der Waals surface area (Å²) in [6, 6.07) is 0. The van der Waals surface area contributed by atoms with Gasteiger partial charge in [0.1, 0.15) is 6.34 Å². The van der Waals surface area contributed by atoms with Crippen molar-refractivity contribution >= 4 is 19.2 Å². The second-order valence-corrected chi connectivity index (χ2v) is 1.37. The fourth-order valence-electron chi connectivity index (χ4n) is 0.234. The molecule has 5 nitrogen and oxygen atoms in total. The summed E-state index contributed by atoms with van der Waals surface area (Å²) >= 11 is 4.55. The van der Waals surface area contributed by atoms with Crippen LogP contribution in [0.4, 0.5) is 0 Å². The number of hydrogen-bond acceptors (Lipinski definition) is 6. The second-order valence-electron chi connectivity index (χ2n) is 0.992. The van der Waals surface area contributed by atoms with E-state index in [4.69, 9.17) is 5.84 Å². The third-order valence-corrected chi connectivity index (χ3v) is 0.799. The Hall–Kier alpha value is -0.460. The van der Waals surface area contributed by atoms with Gasteiger partial charge in [0.25, 0.3) is 0 Å². The lowest BCUT2D eigenvalue weighted by Gasteiger charge is -2.27. The first-order chi connectivity index (χ1) is 3.30. The predicted octanol–water partition coefficient (Wildman–Crippen LogP) is -1.70. The van der Waals surface area contributed by atoms with Gasteiger partial charge in [0, 0.05) is 0 Å². The van der Waals surface area contributed by atoms with E-state index in [1.54, 1.807) is 0 Å². The van der Waals surface area contributed by atoms with Crippen molar-refractivity contribution in [3.05, 3.63) is 0 Å². The molecule has 0 unspecified atom stereocenters. The molecule has 40 valence electrons. The summed E-state index contributed by atoms with van der Waals surface area (Å²) in [6.07, 6.45) is 1.38. The molecule has 0 atom stereocenters. The first-order valence-electron chi connectivity index (χ1n) is 1.60. The van der Waals surface area contributed by atoms with E-state index in [-0.39, 0.29) is 0 Å². The molecule has 7 heavy (non-hydrogen) atoms. The van der Waals surface area contributed by atoms with Crippen molar-refractivity contribution < 1.29 is 0 Å². The molecule has 1 aliphatic rings. The highest BCUT2D eigenvalue weighted by atomic mass is 32.1. The molecule has 0 bridgehead atoms. The van der Waals surface area contributed by atoms with E-state index in [0.717, 1.165) is 5.23 Å². The summed E-state index contributed by atoms with van der Waals surface area (Å²) in [5, 5.41) is 4.57. The number of nitrogens with one attached hydrogen (secondary N) is 1. The van der Waals surface area contributed by atoms with Crippen LogP contribution in [0.5, 0.6) is 0 Å². The number of hydrazone groups is 1. The highest BCUT2D eigenvalue weighted by Gasteiger charge is 1.96. The van der Waals surface area contributed by atoms with Crippen molar-refractivity contribution in [1.82, 2.24) is 15.2 Å². The molecule has 1 rings (SSSR count). The van der Waals surface area contributed by atoms with Gasteiger partial charge in [-0.1, -0.05) is 5.23 Å². The van der Waals surface area contributed by atoms with Gasteiger partial charge in [-0.25, -0.2) is 11.4 Å². The quantitative estimate of drug-likeness (QED) is 0.293. The lowest BCUT2D eigenvalue weighted by Crippen LogP contribution is -2.45. The number of hydrazine groups is 3. The molecular weight excluding hydrogens is 114 g/mol. The Bertz CT molecular complexity index is 90.1. The molecule has 0 aromatic heterocycles. The van der Waals surface area contributed by atoms with Crippen molar-refractivity contribution in [3.8, 4) is 0 Å². The van der Waals surface area contributed by atoms with E-state index in [1.807, 2.05) is 0 Å². The molecule has 0 amide bonds. The average Bonchev–Trinajstić information content (AvgIpc) is 1.91. The Morgan fingerprint density at radius 2 is 2.57 bits per heavy atom. The molecule has 0 radical (unpaired) electrons. The molecule has 0 aromatic carbocycles. The van der Waals surface area contributed by atoms with Gasteiger partial charge in [-0.05, 0) is 0 Å². The first kappa shape index (κ1) is 4.69. The smallest absolute Gasteiger partial charge is 0.107 e. The average molecular weight is 118 g/mol. The Morgan fingerprint density at radius 1 is 1.86 bits per heavy atom. The largest absolute Gasteiger partial charge is 0.642 e. The van der Waals surface area contributed by atoms with E-state index in [0.29, 0.717) is 0 Å². The van der Waals surface area contributed by atoms with Crippen molar-refractivity contribution in [1.29, 1.82) is 0 Å². The summed E-state index contributed by atoms with van der Waals surface area (Å²) < 4.78 is 1.19. The zero-order valence-electron chi connectivity index (χ0n) is 3.40. The molecule has 0 saturated heterocycles. The molecule has 6 heteroatoms. The Morgan fingerprint density at radius 3 is 2.71 bits per heavy atom. The Kier molecular flexibility index (Phi) is 1.05. The monoisotopic (exact) mass is 118 g/mol. The number of nitrogens with two attached hydrogens (primary N) is 1. The van der Waals surface area contributed by atoms with E-state index < -0.39 is 0 Å². The molecule has 0 spiro atoms. The minimum Gasteiger partial charge on any atom is -0.642 e. The summed E-state index contributed by atoms with van der Waals surface area (Å²) in [7, 11) is 0. The summed E-state index contributed by atoms with van der Waals surface area (Å²) in [4.78, 5) is 0. The zero-order valence-corrected chi connectivity index (χ0v) is 4.22. The minimum absolute atomic E-state index is 1.08. The molecule has 0 aliphatic carbocycles. The zero-order chi connectivity index (χ0) is 5.28. The van der Waals surface area contributed by atoms with Gasteiger partial charge >= 0.3 is 0 Å². The van der Waals surface area contributed by atoms with Crippen LogP contribution in [0.3, 0.4) is 0 Å². The van der Waals surface area contributed by atoms with Gasteiger partial charge in [0.2, 0.25) is 0 Å². The fourth-order valence-corrected chi connectivity index (χ4v) is 0.318. The van der Waals surface area contributed by atoms with E-state index in [9.17, 15) is 0 Å².